The van der Waals surface area contributed by atoms with Crippen LogP contribution in [0.15, 0.2) is 30.4 Å². The molecule has 19 heavy (non-hydrogen) atoms. The van der Waals surface area contributed by atoms with E-state index in [1.807, 2.05) is 6.92 Å². The molecule has 1 aromatic rings. The largest absolute Gasteiger partial charge is 0.481 e. The van der Waals surface area contributed by atoms with Crippen LogP contribution >= 0.6 is 0 Å². The van der Waals surface area contributed by atoms with Crippen molar-refractivity contribution in [1.29, 1.82) is 0 Å². The Balaban J connectivity index is 3.01. The van der Waals surface area contributed by atoms with Gasteiger partial charge < -0.3 is 10.0 Å². The monoisotopic (exact) mass is 261 g/mol. The molecule has 0 aliphatic heterocycles. The van der Waals surface area contributed by atoms with Crippen molar-refractivity contribution in [2.75, 3.05) is 18.0 Å². The van der Waals surface area contributed by atoms with Crippen LogP contribution in [0.3, 0.4) is 0 Å². The fourth-order valence-corrected chi connectivity index (χ4v) is 2.14. The first-order valence-corrected chi connectivity index (χ1v) is 6.50. The zero-order valence-electron chi connectivity index (χ0n) is 12.2. The third kappa shape index (κ3) is 4.43. The van der Waals surface area contributed by atoms with E-state index in [2.05, 4.69) is 43.5 Å². The molecule has 0 aliphatic rings. The minimum atomic E-state index is -0.767. The van der Waals surface area contributed by atoms with Crippen LogP contribution in [0, 0.1) is 19.8 Å². The van der Waals surface area contributed by atoms with Gasteiger partial charge in [0.05, 0.1) is 5.92 Å². The van der Waals surface area contributed by atoms with E-state index >= 15 is 0 Å². The van der Waals surface area contributed by atoms with Crippen LogP contribution in [0.25, 0.3) is 0 Å². The molecule has 1 N–H and O–H groups in total. The number of aryl methyl sites for hydroxylation is 2. The van der Waals surface area contributed by atoms with E-state index in [9.17, 15) is 4.79 Å². The van der Waals surface area contributed by atoms with Crippen LogP contribution in [0.1, 0.15) is 25.0 Å². The number of carbonyl (C=O) groups is 1. The number of carboxylic acid groups (broad SMARTS) is 1. The first-order valence-electron chi connectivity index (χ1n) is 6.50. The summed E-state index contributed by atoms with van der Waals surface area (Å²) in [5, 5.41) is 9.08. The Morgan fingerprint density at radius 3 is 2.53 bits per heavy atom. The van der Waals surface area contributed by atoms with E-state index in [0.29, 0.717) is 13.1 Å². The van der Waals surface area contributed by atoms with Crippen molar-refractivity contribution in [1.82, 2.24) is 0 Å². The molecular formula is C16H23NO2. The lowest BCUT2D eigenvalue weighted by Crippen LogP contribution is -2.33. The molecule has 0 amide bonds. The van der Waals surface area contributed by atoms with E-state index in [1.54, 1.807) is 6.92 Å². The molecule has 1 aromatic carbocycles. The van der Waals surface area contributed by atoms with Crippen LogP contribution < -0.4 is 4.90 Å². The van der Waals surface area contributed by atoms with E-state index in [4.69, 9.17) is 5.11 Å². The second-order valence-corrected chi connectivity index (χ2v) is 5.37. The number of rotatable bonds is 6. The molecule has 0 saturated carbocycles. The van der Waals surface area contributed by atoms with Gasteiger partial charge in [-0.25, -0.2) is 0 Å². The lowest BCUT2D eigenvalue weighted by atomic mass is 10.1. The second-order valence-electron chi connectivity index (χ2n) is 5.37. The Morgan fingerprint density at radius 2 is 2.05 bits per heavy atom. The van der Waals surface area contributed by atoms with Crippen LogP contribution in [-0.2, 0) is 4.79 Å². The van der Waals surface area contributed by atoms with Gasteiger partial charge in [0.1, 0.15) is 0 Å². The zero-order chi connectivity index (χ0) is 14.6. The fourth-order valence-electron chi connectivity index (χ4n) is 2.14. The van der Waals surface area contributed by atoms with Crippen molar-refractivity contribution in [2.24, 2.45) is 5.92 Å². The van der Waals surface area contributed by atoms with E-state index in [-0.39, 0.29) is 0 Å². The maximum absolute atomic E-state index is 11.0. The van der Waals surface area contributed by atoms with Gasteiger partial charge in [-0.1, -0.05) is 36.8 Å². The molecule has 0 radical (unpaired) electrons. The lowest BCUT2D eigenvalue weighted by molar-refractivity contribution is -0.140. The average molecular weight is 261 g/mol. The smallest absolute Gasteiger partial charge is 0.308 e. The summed E-state index contributed by atoms with van der Waals surface area (Å²) < 4.78 is 0. The third-order valence-electron chi connectivity index (χ3n) is 3.07. The quantitative estimate of drug-likeness (QED) is 0.798. The molecule has 1 rings (SSSR count). The molecule has 0 fully saturated rings. The molecule has 0 aromatic heterocycles. The molecule has 0 spiro atoms. The number of anilines is 1. The summed E-state index contributed by atoms with van der Waals surface area (Å²) >= 11 is 0. The van der Waals surface area contributed by atoms with Gasteiger partial charge in [-0.05, 0) is 32.4 Å². The number of benzene rings is 1. The number of hydrogen-bond acceptors (Lipinski definition) is 2. The Hall–Kier alpha value is -1.77. The van der Waals surface area contributed by atoms with Gasteiger partial charge in [0.15, 0.2) is 0 Å². The molecule has 0 bridgehead atoms. The summed E-state index contributed by atoms with van der Waals surface area (Å²) in [7, 11) is 0. The SMILES string of the molecule is C=C(C)CN(CC(C)C(=O)O)c1ccc(C)cc1C. The third-order valence-corrected chi connectivity index (χ3v) is 3.07. The van der Waals surface area contributed by atoms with E-state index in [1.165, 1.54) is 11.1 Å². The van der Waals surface area contributed by atoms with Crippen molar-refractivity contribution < 1.29 is 9.90 Å². The fraction of sp³-hybridized carbons (Fsp3) is 0.438. The molecular weight excluding hydrogens is 238 g/mol. The maximum atomic E-state index is 11.0. The Bertz CT molecular complexity index is 480. The predicted octanol–water partition coefficient (Wildman–Crippen LogP) is 3.41. The topological polar surface area (TPSA) is 40.5 Å². The Kier molecular flexibility index (Phi) is 5.16. The van der Waals surface area contributed by atoms with Crippen LogP contribution in [-0.4, -0.2) is 24.2 Å². The predicted molar refractivity (Wildman–Crippen MR) is 79.7 cm³/mol. The van der Waals surface area contributed by atoms with Gasteiger partial charge in [0, 0.05) is 18.8 Å². The molecule has 1 atom stereocenters. The van der Waals surface area contributed by atoms with Crippen molar-refractivity contribution in [3.63, 3.8) is 0 Å². The van der Waals surface area contributed by atoms with Crippen molar-refractivity contribution in [3.05, 3.63) is 41.5 Å². The summed E-state index contributed by atoms with van der Waals surface area (Å²) in [5.74, 6) is -1.17. The van der Waals surface area contributed by atoms with Gasteiger partial charge in [-0.2, -0.15) is 0 Å². The van der Waals surface area contributed by atoms with Gasteiger partial charge in [0.2, 0.25) is 0 Å². The van der Waals surface area contributed by atoms with Gasteiger partial charge >= 0.3 is 5.97 Å². The molecule has 1 unspecified atom stereocenters. The molecule has 3 nitrogen and oxygen atoms in total. The summed E-state index contributed by atoms with van der Waals surface area (Å²) in [6.07, 6.45) is 0. The van der Waals surface area contributed by atoms with Gasteiger partial charge in [-0.15, -0.1) is 0 Å². The van der Waals surface area contributed by atoms with Gasteiger partial charge in [0.25, 0.3) is 0 Å². The number of nitrogens with zero attached hydrogens (tertiary/aromatic N) is 1. The Labute approximate surface area is 115 Å². The first-order chi connectivity index (χ1) is 8.81. The zero-order valence-corrected chi connectivity index (χ0v) is 12.2. The van der Waals surface area contributed by atoms with Crippen LogP contribution in [0.4, 0.5) is 5.69 Å². The summed E-state index contributed by atoms with van der Waals surface area (Å²) in [6.45, 7) is 12.9. The maximum Gasteiger partial charge on any atom is 0.308 e. The minimum Gasteiger partial charge on any atom is -0.481 e. The summed E-state index contributed by atoms with van der Waals surface area (Å²) in [4.78, 5) is 13.1. The minimum absolute atomic E-state index is 0.403. The highest BCUT2D eigenvalue weighted by molar-refractivity contribution is 5.70. The number of carboxylic acids is 1. The van der Waals surface area contributed by atoms with E-state index in [0.717, 1.165) is 11.3 Å². The lowest BCUT2D eigenvalue weighted by Gasteiger charge is -2.28. The molecule has 104 valence electrons. The number of hydrogen-bond donors (Lipinski definition) is 1. The van der Waals surface area contributed by atoms with E-state index < -0.39 is 11.9 Å². The standard InChI is InChI=1S/C16H23NO2/c1-11(2)9-17(10-14(5)16(18)19)15-7-6-12(3)8-13(15)4/h6-8,14H,1,9-10H2,2-5H3,(H,18,19). The molecule has 3 heteroatoms. The second kappa shape index (κ2) is 6.41. The highest BCUT2D eigenvalue weighted by Crippen LogP contribution is 2.23. The van der Waals surface area contributed by atoms with Crippen LogP contribution in [0.5, 0.6) is 0 Å². The first kappa shape index (κ1) is 15.3. The normalized spacial score (nSPS) is 12.0. The van der Waals surface area contributed by atoms with Gasteiger partial charge in [-0.3, -0.25) is 4.79 Å². The van der Waals surface area contributed by atoms with Crippen LogP contribution in [0.2, 0.25) is 0 Å². The highest BCUT2D eigenvalue weighted by Gasteiger charge is 2.17. The molecule has 0 aliphatic carbocycles. The Morgan fingerprint density at radius 1 is 1.42 bits per heavy atom. The van der Waals surface area contributed by atoms with Crippen molar-refractivity contribution >= 4 is 11.7 Å². The molecule has 0 heterocycles. The highest BCUT2D eigenvalue weighted by atomic mass is 16.4. The molecule has 0 saturated heterocycles. The van der Waals surface area contributed by atoms with Crippen molar-refractivity contribution in [2.45, 2.75) is 27.7 Å². The summed E-state index contributed by atoms with van der Waals surface area (Å²) in [5.41, 5.74) is 4.49. The average Bonchev–Trinajstić information content (AvgIpc) is 2.27. The number of aliphatic carboxylic acids is 1. The van der Waals surface area contributed by atoms with Crippen molar-refractivity contribution in [3.8, 4) is 0 Å². The summed E-state index contributed by atoms with van der Waals surface area (Å²) in [6, 6.07) is 6.23.